The maximum atomic E-state index is 12.5. The van der Waals surface area contributed by atoms with Crippen LogP contribution in [0.5, 0.6) is 11.5 Å². The normalized spacial score (nSPS) is 14.7. The molecule has 118 valence electrons. The molecule has 0 saturated heterocycles. The van der Waals surface area contributed by atoms with Crippen molar-refractivity contribution in [1.82, 2.24) is 0 Å². The number of Topliss-reactive ketones (excluding diaryl/α,β-unsaturated/α-hetero) is 1. The first-order chi connectivity index (χ1) is 11.0. The van der Waals surface area contributed by atoms with Gasteiger partial charge in [0.2, 0.25) is 5.78 Å². The Morgan fingerprint density at radius 3 is 2.74 bits per heavy atom. The molecule has 2 heterocycles. The fraction of sp³-hybridized carbons (Fsp3) is 0.222. The van der Waals surface area contributed by atoms with Gasteiger partial charge in [-0.1, -0.05) is 6.92 Å². The first-order valence-electron chi connectivity index (χ1n) is 7.34. The van der Waals surface area contributed by atoms with Gasteiger partial charge in [0.05, 0.1) is 5.56 Å². The summed E-state index contributed by atoms with van der Waals surface area (Å²) < 4.78 is 11.0. The van der Waals surface area contributed by atoms with Crippen LogP contribution in [0.15, 0.2) is 29.3 Å². The van der Waals surface area contributed by atoms with Gasteiger partial charge in [0, 0.05) is 22.9 Å². The lowest BCUT2D eigenvalue weighted by Crippen LogP contribution is -2.06. The van der Waals surface area contributed by atoms with E-state index in [9.17, 15) is 9.59 Å². The maximum Gasteiger partial charge on any atom is 0.310 e. The van der Waals surface area contributed by atoms with Crippen molar-refractivity contribution in [3.05, 3.63) is 50.9 Å². The first-order valence-corrected chi connectivity index (χ1v) is 8.21. The second-order valence-corrected chi connectivity index (χ2v) is 6.25. The summed E-state index contributed by atoms with van der Waals surface area (Å²) in [5, 5.41) is 1.97. The largest absolute Gasteiger partial charge is 0.452 e. The summed E-state index contributed by atoms with van der Waals surface area (Å²) in [7, 11) is 0. The smallest absolute Gasteiger partial charge is 0.310 e. The Balaban J connectivity index is 1.96. The molecule has 3 rings (SSSR count). The van der Waals surface area contributed by atoms with Crippen molar-refractivity contribution in [3.8, 4) is 11.5 Å². The van der Waals surface area contributed by atoms with Crippen LogP contribution < -0.4 is 9.47 Å². The molecule has 0 atom stereocenters. The van der Waals surface area contributed by atoms with E-state index >= 15 is 0 Å². The predicted octanol–water partition coefficient (Wildman–Crippen LogP) is 4.30. The maximum absolute atomic E-state index is 12.5. The van der Waals surface area contributed by atoms with Crippen LogP contribution in [0.4, 0.5) is 0 Å². The Morgan fingerprint density at radius 2 is 2.09 bits per heavy atom. The Kier molecular flexibility index (Phi) is 4.05. The predicted molar refractivity (Wildman–Crippen MR) is 89.1 cm³/mol. The highest BCUT2D eigenvalue weighted by atomic mass is 32.1. The topological polar surface area (TPSA) is 52.6 Å². The van der Waals surface area contributed by atoms with Crippen molar-refractivity contribution in [1.29, 1.82) is 0 Å². The summed E-state index contributed by atoms with van der Waals surface area (Å²) in [6.07, 6.45) is 2.05. The van der Waals surface area contributed by atoms with Gasteiger partial charge in [0.25, 0.3) is 0 Å². The quantitative estimate of drug-likeness (QED) is 0.479. The van der Waals surface area contributed by atoms with Gasteiger partial charge in [-0.3, -0.25) is 9.59 Å². The van der Waals surface area contributed by atoms with Gasteiger partial charge >= 0.3 is 5.97 Å². The molecule has 0 N–H and O–H groups in total. The molecule has 1 aromatic carbocycles. The standard InChI is InChI=1S/C18H16O4S/c1-4-16(19)21-13-6-5-12-17(20)14(22-18(12)11(13)3)9-15-10(2)7-8-23-15/h5-9H,4H2,1-3H3/b14-9-. The molecule has 2 aromatic rings. The lowest BCUT2D eigenvalue weighted by atomic mass is 10.1. The van der Waals surface area contributed by atoms with Crippen LogP contribution in [0, 0.1) is 13.8 Å². The lowest BCUT2D eigenvalue weighted by Gasteiger charge is -2.09. The van der Waals surface area contributed by atoms with Crippen molar-refractivity contribution >= 4 is 29.2 Å². The van der Waals surface area contributed by atoms with Gasteiger partial charge in [-0.15, -0.1) is 11.3 Å². The van der Waals surface area contributed by atoms with Gasteiger partial charge in [-0.2, -0.15) is 0 Å². The number of ether oxygens (including phenoxy) is 2. The number of ketones is 1. The van der Waals surface area contributed by atoms with Crippen molar-refractivity contribution in [3.63, 3.8) is 0 Å². The van der Waals surface area contributed by atoms with Crippen molar-refractivity contribution in [2.45, 2.75) is 27.2 Å². The number of hydrogen-bond donors (Lipinski definition) is 0. The summed E-state index contributed by atoms with van der Waals surface area (Å²) in [5.74, 6) is 0.730. The molecule has 4 nitrogen and oxygen atoms in total. The summed E-state index contributed by atoms with van der Waals surface area (Å²) in [6.45, 7) is 5.50. The minimum atomic E-state index is -0.317. The van der Waals surface area contributed by atoms with E-state index in [0.717, 1.165) is 10.4 Å². The van der Waals surface area contributed by atoms with E-state index in [4.69, 9.17) is 9.47 Å². The monoisotopic (exact) mass is 328 g/mol. The number of hydrogen-bond acceptors (Lipinski definition) is 5. The molecule has 0 bridgehead atoms. The summed E-state index contributed by atoms with van der Waals surface area (Å²) in [6, 6.07) is 5.28. The van der Waals surface area contributed by atoms with Crippen LogP contribution in [-0.4, -0.2) is 11.8 Å². The number of rotatable bonds is 3. The summed E-state index contributed by atoms with van der Waals surface area (Å²) in [4.78, 5) is 24.9. The SMILES string of the molecule is CCC(=O)Oc1ccc2c(c1C)O/C(=C\c1sccc1C)C2=O. The summed E-state index contributed by atoms with van der Waals surface area (Å²) >= 11 is 1.56. The van der Waals surface area contributed by atoms with Crippen molar-refractivity contribution in [2.75, 3.05) is 0 Å². The zero-order chi connectivity index (χ0) is 16.6. The highest BCUT2D eigenvalue weighted by Crippen LogP contribution is 2.39. The average molecular weight is 328 g/mol. The number of carbonyl (C=O) groups excluding carboxylic acids is 2. The molecular formula is C18H16O4S. The Morgan fingerprint density at radius 1 is 1.30 bits per heavy atom. The minimum Gasteiger partial charge on any atom is -0.452 e. The highest BCUT2D eigenvalue weighted by Gasteiger charge is 2.30. The molecule has 0 unspecified atom stereocenters. The molecule has 1 aromatic heterocycles. The summed E-state index contributed by atoms with van der Waals surface area (Å²) in [5.41, 5.74) is 2.26. The zero-order valence-electron chi connectivity index (χ0n) is 13.1. The Bertz CT molecular complexity index is 830. The van der Waals surface area contributed by atoms with Crippen molar-refractivity contribution < 1.29 is 19.1 Å². The van der Waals surface area contributed by atoms with Crippen LogP contribution in [0.1, 0.15) is 39.7 Å². The molecule has 0 radical (unpaired) electrons. The number of thiophene rings is 1. The van der Waals surface area contributed by atoms with Crippen molar-refractivity contribution in [2.24, 2.45) is 0 Å². The van der Waals surface area contributed by atoms with E-state index in [2.05, 4.69) is 0 Å². The van der Waals surface area contributed by atoms with E-state index in [0.29, 0.717) is 34.8 Å². The number of esters is 1. The van der Waals surface area contributed by atoms with Gasteiger partial charge in [0.1, 0.15) is 11.5 Å². The molecule has 0 saturated carbocycles. The van der Waals surface area contributed by atoms with E-state index < -0.39 is 0 Å². The number of aryl methyl sites for hydroxylation is 1. The second kappa shape index (κ2) is 6.01. The van der Waals surface area contributed by atoms with E-state index in [1.165, 1.54) is 0 Å². The number of allylic oxidation sites excluding steroid dienone is 1. The molecule has 0 aliphatic carbocycles. The third kappa shape index (κ3) is 2.80. The molecular weight excluding hydrogens is 312 g/mol. The Labute approximate surface area is 138 Å². The van der Waals surface area contributed by atoms with Crippen LogP contribution in [0.2, 0.25) is 0 Å². The molecule has 1 aliphatic heterocycles. The second-order valence-electron chi connectivity index (χ2n) is 5.30. The van der Waals surface area contributed by atoms with Crippen LogP contribution in [0.25, 0.3) is 6.08 Å². The van der Waals surface area contributed by atoms with Gasteiger partial charge in [-0.05, 0) is 43.0 Å². The highest BCUT2D eigenvalue weighted by molar-refractivity contribution is 7.11. The zero-order valence-corrected chi connectivity index (χ0v) is 14.0. The first kappa shape index (κ1) is 15.5. The van der Waals surface area contributed by atoms with Gasteiger partial charge in [0.15, 0.2) is 5.76 Å². The molecule has 5 heteroatoms. The fourth-order valence-corrected chi connectivity index (χ4v) is 3.17. The molecule has 0 spiro atoms. The average Bonchev–Trinajstić information content (AvgIpc) is 3.08. The molecule has 1 aliphatic rings. The molecule has 0 fully saturated rings. The third-order valence-corrected chi connectivity index (χ3v) is 4.68. The van der Waals surface area contributed by atoms with Crippen LogP contribution in [-0.2, 0) is 4.79 Å². The molecule has 23 heavy (non-hydrogen) atoms. The van der Waals surface area contributed by atoms with Gasteiger partial charge in [-0.25, -0.2) is 0 Å². The fourth-order valence-electron chi connectivity index (χ4n) is 2.32. The number of fused-ring (bicyclic) bond motifs is 1. The van der Waals surface area contributed by atoms with E-state index in [-0.39, 0.29) is 11.8 Å². The van der Waals surface area contributed by atoms with Crippen LogP contribution in [0.3, 0.4) is 0 Å². The van der Waals surface area contributed by atoms with E-state index in [1.807, 2.05) is 18.4 Å². The van der Waals surface area contributed by atoms with E-state index in [1.54, 1.807) is 43.4 Å². The Hall–Kier alpha value is -2.40. The number of benzene rings is 1. The number of carbonyl (C=O) groups is 2. The van der Waals surface area contributed by atoms with Gasteiger partial charge < -0.3 is 9.47 Å². The minimum absolute atomic E-state index is 0.149. The van der Waals surface area contributed by atoms with Crippen LogP contribution >= 0.6 is 11.3 Å². The third-order valence-electron chi connectivity index (χ3n) is 3.71. The molecule has 0 amide bonds. The lowest BCUT2D eigenvalue weighted by molar-refractivity contribution is -0.134.